The molecule has 5 heteroatoms. The number of benzene rings is 2. The molecule has 22 heavy (non-hydrogen) atoms. The van der Waals surface area contributed by atoms with Crippen molar-refractivity contribution in [1.29, 1.82) is 0 Å². The van der Waals surface area contributed by atoms with E-state index in [-0.39, 0.29) is 6.61 Å². The molecule has 0 aliphatic rings. The lowest BCUT2D eigenvalue weighted by molar-refractivity contribution is 0.272. The Morgan fingerprint density at radius 2 is 1.64 bits per heavy atom. The van der Waals surface area contributed by atoms with Crippen LogP contribution < -0.4 is 0 Å². The number of halogens is 2. The van der Waals surface area contributed by atoms with E-state index in [9.17, 15) is 5.11 Å². The zero-order valence-corrected chi connectivity index (χ0v) is 13.2. The molecule has 0 radical (unpaired) electrons. The molecule has 3 nitrogen and oxygen atoms in total. The zero-order chi connectivity index (χ0) is 15.5. The van der Waals surface area contributed by atoms with Crippen LogP contribution in [0, 0.1) is 0 Å². The highest BCUT2D eigenvalue weighted by Gasteiger charge is 2.16. The monoisotopic (exact) mass is 332 g/mol. The molecule has 112 valence electrons. The SMILES string of the molecule is OCc1c(Cl)nc(-c2ccccc2)n1Cc1ccc(Cl)cc1. The number of hydrogen-bond donors (Lipinski definition) is 1. The molecule has 1 heterocycles. The first-order valence-corrected chi connectivity index (χ1v) is 7.60. The predicted molar refractivity (Wildman–Crippen MR) is 89.1 cm³/mol. The second kappa shape index (κ2) is 6.53. The quantitative estimate of drug-likeness (QED) is 0.769. The van der Waals surface area contributed by atoms with Crippen LogP contribution in [0.2, 0.25) is 10.2 Å². The average molecular weight is 333 g/mol. The molecule has 0 saturated carbocycles. The summed E-state index contributed by atoms with van der Waals surface area (Å²) < 4.78 is 1.93. The van der Waals surface area contributed by atoms with Crippen LogP contribution in [0.1, 0.15) is 11.3 Å². The number of aromatic nitrogens is 2. The van der Waals surface area contributed by atoms with Gasteiger partial charge in [0.1, 0.15) is 5.82 Å². The summed E-state index contributed by atoms with van der Waals surface area (Å²) in [5, 5.41) is 10.6. The van der Waals surface area contributed by atoms with Crippen molar-refractivity contribution in [3.63, 3.8) is 0 Å². The fourth-order valence-corrected chi connectivity index (χ4v) is 2.73. The summed E-state index contributed by atoms with van der Waals surface area (Å²) in [4.78, 5) is 4.41. The summed E-state index contributed by atoms with van der Waals surface area (Å²) in [6.45, 7) is 0.406. The molecule has 3 rings (SSSR count). The third kappa shape index (κ3) is 3.02. The average Bonchev–Trinajstić information content (AvgIpc) is 2.86. The molecule has 0 unspecified atom stereocenters. The van der Waals surface area contributed by atoms with Gasteiger partial charge in [-0.05, 0) is 17.7 Å². The summed E-state index contributed by atoms with van der Waals surface area (Å²) >= 11 is 12.1. The van der Waals surface area contributed by atoms with Gasteiger partial charge in [-0.1, -0.05) is 65.7 Å². The summed E-state index contributed by atoms with van der Waals surface area (Å²) in [7, 11) is 0. The van der Waals surface area contributed by atoms with Crippen molar-refractivity contribution >= 4 is 23.2 Å². The van der Waals surface area contributed by atoms with Gasteiger partial charge in [0.2, 0.25) is 0 Å². The summed E-state index contributed by atoms with van der Waals surface area (Å²) in [6.07, 6.45) is 0. The number of rotatable bonds is 4. The first-order valence-electron chi connectivity index (χ1n) is 6.84. The van der Waals surface area contributed by atoms with Crippen molar-refractivity contribution in [2.45, 2.75) is 13.2 Å². The third-order valence-corrected chi connectivity index (χ3v) is 4.01. The van der Waals surface area contributed by atoms with Gasteiger partial charge in [0, 0.05) is 17.1 Å². The summed E-state index contributed by atoms with van der Waals surface area (Å²) in [5.74, 6) is 0.740. The number of nitrogens with zero attached hydrogens (tertiary/aromatic N) is 2. The number of aliphatic hydroxyl groups excluding tert-OH is 1. The van der Waals surface area contributed by atoms with Crippen LogP contribution in [0.5, 0.6) is 0 Å². The fraction of sp³-hybridized carbons (Fsp3) is 0.118. The molecule has 0 aliphatic carbocycles. The van der Waals surface area contributed by atoms with E-state index >= 15 is 0 Å². The predicted octanol–water partition coefficient (Wildman–Crippen LogP) is 4.40. The van der Waals surface area contributed by atoms with Crippen molar-refractivity contribution in [2.75, 3.05) is 0 Å². The highest BCUT2D eigenvalue weighted by atomic mass is 35.5. The topological polar surface area (TPSA) is 38.1 Å². The van der Waals surface area contributed by atoms with Crippen LogP contribution in [0.15, 0.2) is 54.6 Å². The second-order valence-corrected chi connectivity index (χ2v) is 5.70. The number of imidazole rings is 1. The van der Waals surface area contributed by atoms with Gasteiger partial charge in [0.25, 0.3) is 0 Å². The number of hydrogen-bond acceptors (Lipinski definition) is 2. The minimum atomic E-state index is -0.160. The Balaban J connectivity index is 2.06. The smallest absolute Gasteiger partial charge is 0.153 e. The third-order valence-electron chi connectivity index (χ3n) is 3.46. The Bertz CT molecular complexity index is 767. The Labute approximate surface area is 138 Å². The fourth-order valence-electron chi connectivity index (χ4n) is 2.36. The van der Waals surface area contributed by atoms with E-state index in [1.54, 1.807) is 0 Å². The van der Waals surface area contributed by atoms with Gasteiger partial charge in [-0.3, -0.25) is 0 Å². The van der Waals surface area contributed by atoms with E-state index in [2.05, 4.69) is 4.98 Å². The molecule has 3 aromatic rings. The Morgan fingerprint density at radius 3 is 2.27 bits per heavy atom. The first kappa shape index (κ1) is 15.1. The van der Waals surface area contributed by atoms with Crippen LogP contribution in [0.25, 0.3) is 11.4 Å². The van der Waals surface area contributed by atoms with E-state index in [0.29, 0.717) is 22.4 Å². The van der Waals surface area contributed by atoms with Crippen molar-refractivity contribution in [3.8, 4) is 11.4 Å². The standard InChI is InChI=1S/C17H14Cl2N2O/c18-14-8-6-12(7-9-14)10-21-15(11-22)16(19)20-17(21)13-4-2-1-3-5-13/h1-9,22H,10-11H2. The van der Waals surface area contributed by atoms with Crippen molar-refractivity contribution in [1.82, 2.24) is 9.55 Å². The van der Waals surface area contributed by atoms with Gasteiger partial charge >= 0.3 is 0 Å². The van der Waals surface area contributed by atoms with Crippen LogP contribution in [0.3, 0.4) is 0 Å². The highest BCUT2D eigenvalue weighted by molar-refractivity contribution is 6.30. The number of aliphatic hydroxyl groups is 1. The zero-order valence-electron chi connectivity index (χ0n) is 11.7. The van der Waals surface area contributed by atoms with Gasteiger partial charge in [0.15, 0.2) is 5.15 Å². The van der Waals surface area contributed by atoms with Crippen LogP contribution >= 0.6 is 23.2 Å². The minimum Gasteiger partial charge on any atom is -0.390 e. The lowest BCUT2D eigenvalue weighted by Gasteiger charge is -2.11. The molecule has 2 aromatic carbocycles. The van der Waals surface area contributed by atoms with E-state index in [4.69, 9.17) is 23.2 Å². The van der Waals surface area contributed by atoms with Gasteiger partial charge < -0.3 is 9.67 Å². The Kier molecular flexibility index (Phi) is 4.48. The second-order valence-electron chi connectivity index (χ2n) is 4.91. The molecule has 1 aromatic heterocycles. The lowest BCUT2D eigenvalue weighted by Crippen LogP contribution is -2.06. The normalized spacial score (nSPS) is 10.9. The molecule has 0 bridgehead atoms. The Morgan fingerprint density at radius 1 is 0.955 bits per heavy atom. The maximum absolute atomic E-state index is 9.62. The maximum Gasteiger partial charge on any atom is 0.153 e. The highest BCUT2D eigenvalue weighted by Crippen LogP contribution is 2.27. The molecule has 0 fully saturated rings. The molecule has 0 amide bonds. The molecule has 0 aliphatic heterocycles. The van der Waals surface area contributed by atoms with Gasteiger partial charge in [-0.2, -0.15) is 0 Å². The molecule has 0 spiro atoms. The minimum absolute atomic E-state index is 0.160. The van der Waals surface area contributed by atoms with E-state index < -0.39 is 0 Å². The maximum atomic E-state index is 9.62. The van der Waals surface area contributed by atoms with Gasteiger partial charge in [-0.25, -0.2) is 4.98 Å². The van der Waals surface area contributed by atoms with Crippen LogP contribution in [0.4, 0.5) is 0 Å². The lowest BCUT2D eigenvalue weighted by atomic mass is 10.2. The van der Waals surface area contributed by atoms with E-state index in [0.717, 1.165) is 17.0 Å². The van der Waals surface area contributed by atoms with Gasteiger partial charge in [0.05, 0.1) is 12.3 Å². The van der Waals surface area contributed by atoms with Crippen LogP contribution in [-0.2, 0) is 13.2 Å². The van der Waals surface area contributed by atoms with Gasteiger partial charge in [-0.15, -0.1) is 0 Å². The molecular formula is C17H14Cl2N2O. The van der Waals surface area contributed by atoms with E-state index in [1.165, 1.54) is 0 Å². The first-order chi connectivity index (χ1) is 10.7. The van der Waals surface area contributed by atoms with Crippen LogP contribution in [-0.4, -0.2) is 14.7 Å². The van der Waals surface area contributed by atoms with E-state index in [1.807, 2.05) is 59.2 Å². The van der Waals surface area contributed by atoms with Crippen molar-refractivity contribution < 1.29 is 5.11 Å². The Hall–Kier alpha value is -1.81. The summed E-state index contributed by atoms with van der Waals surface area (Å²) in [6, 6.07) is 17.4. The molecule has 0 atom stereocenters. The largest absolute Gasteiger partial charge is 0.390 e. The molecule has 0 saturated heterocycles. The molecule has 1 N–H and O–H groups in total. The van der Waals surface area contributed by atoms with Crippen molar-refractivity contribution in [3.05, 3.63) is 76.0 Å². The summed E-state index contributed by atoms with van der Waals surface area (Å²) in [5.41, 5.74) is 2.62. The molecular weight excluding hydrogens is 319 g/mol. The van der Waals surface area contributed by atoms with Crippen molar-refractivity contribution in [2.24, 2.45) is 0 Å².